The fourth-order valence-electron chi connectivity index (χ4n) is 0.808. The van der Waals surface area contributed by atoms with E-state index < -0.39 is 0 Å². The quantitative estimate of drug-likeness (QED) is 0.292. The van der Waals surface area contributed by atoms with Gasteiger partial charge in [0.25, 0.3) is 0 Å². The molecule has 10 nitrogen and oxygen atoms in total. The Balaban J connectivity index is 2.57. The molecule has 0 spiro atoms. The Morgan fingerprint density at radius 2 is 2.43 bits per heavy atom. The first-order valence-electron chi connectivity index (χ1n) is 3.25. The molecule has 0 N–H and O–H groups in total. The average molecular weight is 195 g/mol. The third-order valence-electron chi connectivity index (χ3n) is 1.35. The Labute approximate surface area is 74.9 Å². The summed E-state index contributed by atoms with van der Waals surface area (Å²) in [4.78, 5) is 2.57. The first-order valence-corrected chi connectivity index (χ1v) is 3.25. The van der Waals surface area contributed by atoms with Gasteiger partial charge in [-0.15, -0.1) is 0 Å². The van der Waals surface area contributed by atoms with Gasteiger partial charge in [0, 0.05) is 10.1 Å². The van der Waals surface area contributed by atoms with Crippen LogP contribution in [0.4, 0.5) is 5.82 Å². The highest BCUT2D eigenvalue weighted by Crippen LogP contribution is 2.22. The number of hydrogen-bond donors (Lipinski definition) is 0. The summed E-state index contributed by atoms with van der Waals surface area (Å²) in [5, 5.41) is 23.9. The van der Waals surface area contributed by atoms with Crippen LogP contribution in [-0.2, 0) is 0 Å². The van der Waals surface area contributed by atoms with Crippen LogP contribution in [0.3, 0.4) is 0 Å². The molecular formula is C4HN7O3. The van der Waals surface area contributed by atoms with Gasteiger partial charge in [-0.3, -0.25) is 4.63 Å². The summed E-state index contributed by atoms with van der Waals surface area (Å²) < 4.78 is 8.48. The third kappa shape index (κ3) is 1.11. The van der Waals surface area contributed by atoms with Gasteiger partial charge in [-0.2, -0.15) is 0 Å². The van der Waals surface area contributed by atoms with Gasteiger partial charge in [0.1, 0.15) is 0 Å². The van der Waals surface area contributed by atoms with Crippen molar-refractivity contribution in [3.8, 4) is 11.4 Å². The van der Waals surface area contributed by atoms with E-state index in [0.29, 0.717) is 0 Å². The minimum absolute atomic E-state index is 0.0287. The van der Waals surface area contributed by atoms with Gasteiger partial charge < -0.3 is 5.21 Å². The van der Waals surface area contributed by atoms with Crippen molar-refractivity contribution >= 4 is 5.82 Å². The molecule has 2 aromatic rings. The van der Waals surface area contributed by atoms with E-state index in [4.69, 9.17) is 5.53 Å². The van der Waals surface area contributed by atoms with Crippen LogP contribution in [0.1, 0.15) is 0 Å². The molecule has 2 heterocycles. The predicted molar refractivity (Wildman–Crippen MR) is 37.6 cm³/mol. The van der Waals surface area contributed by atoms with Crippen LogP contribution in [0.15, 0.2) is 20.6 Å². The van der Waals surface area contributed by atoms with Crippen LogP contribution in [-0.4, -0.2) is 15.5 Å². The highest BCUT2D eigenvalue weighted by molar-refractivity contribution is 5.61. The van der Waals surface area contributed by atoms with Crippen LogP contribution in [0.5, 0.6) is 0 Å². The van der Waals surface area contributed by atoms with Gasteiger partial charge in [0.05, 0.1) is 0 Å². The van der Waals surface area contributed by atoms with Crippen molar-refractivity contribution in [2.24, 2.45) is 5.11 Å². The lowest BCUT2D eigenvalue weighted by atomic mass is 10.3. The van der Waals surface area contributed by atoms with Crippen LogP contribution >= 0.6 is 0 Å². The summed E-state index contributed by atoms with van der Waals surface area (Å²) in [7, 11) is 0. The van der Waals surface area contributed by atoms with Crippen LogP contribution in [0, 0.1) is 5.21 Å². The van der Waals surface area contributed by atoms with Crippen LogP contribution in [0.2, 0.25) is 0 Å². The van der Waals surface area contributed by atoms with Crippen molar-refractivity contribution in [3.05, 3.63) is 21.8 Å². The zero-order valence-corrected chi connectivity index (χ0v) is 6.43. The molecular weight excluding hydrogens is 194 g/mol. The Kier molecular flexibility index (Phi) is 1.73. The number of azide groups is 1. The summed E-state index contributed by atoms with van der Waals surface area (Å²) in [5.74, 6) is -0.152. The molecule has 0 fully saturated rings. The Bertz CT molecular complexity index is 495. The molecule has 0 unspecified atom stereocenters. The summed E-state index contributed by atoms with van der Waals surface area (Å²) in [6.07, 6.45) is 1.10. The lowest BCUT2D eigenvalue weighted by molar-refractivity contribution is -0.793. The smallest absolute Gasteiger partial charge is 0.249 e. The maximum absolute atomic E-state index is 10.9. The number of aromatic nitrogens is 4. The maximum atomic E-state index is 10.9. The number of rotatable bonds is 2. The minimum atomic E-state index is -0.152. The Morgan fingerprint density at radius 3 is 3.07 bits per heavy atom. The maximum Gasteiger partial charge on any atom is 0.249 e. The van der Waals surface area contributed by atoms with Crippen molar-refractivity contribution < 1.29 is 14.2 Å². The summed E-state index contributed by atoms with van der Waals surface area (Å²) in [6, 6.07) is 0. The average Bonchev–Trinajstić information content (AvgIpc) is 2.74. The zero-order valence-electron chi connectivity index (χ0n) is 6.43. The largest absolute Gasteiger partial charge is 0.359 e. The van der Waals surface area contributed by atoms with E-state index in [-0.39, 0.29) is 22.1 Å². The van der Waals surface area contributed by atoms with Gasteiger partial charge in [-0.1, -0.05) is 0 Å². The molecule has 2 rings (SSSR count). The van der Waals surface area contributed by atoms with Crippen LogP contribution in [0.25, 0.3) is 21.8 Å². The summed E-state index contributed by atoms with van der Waals surface area (Å²) >= 11 is 0. The molecule has 14 heavy (non-hydrogen) atoms. The summed E-state index contributed by atoms with van der Waals surface area (Å²) in [6.45, 7) is 0. The summed E-state index contributed by atoms with van der Waals surface area (Å²) in [5.41, 5.74) is 8.08. The van der Waals surface area contributed by atoms with Crippen molar-refractivity contribution in [3.63, 3.8) is 0 Å². The second-order valence-electron chi connectivity index (χ2n) is 2.08. The minimum Gasteiger partial charge on any atom is -0.359 e. The molecule has 70 valence electrons. The molecule has 0 aliphatic heterocycles. The van der Waals surface area contributed by atoms with Gasteiger partial charge >= 0.3 is 0 Å². The molecule has 0 atom stereocenters. The first-order chi connectivity index (χ1) is 6.83. The topological polar surface area (TPSA) is 141 Å². The zero-order chi connectivity index (χ0) is 9.97. The van der Waals surface area contributed by atoms with Crippen molar-refractivity contribution in [2.45, 2.75) is 0 Å². The third-order valence-corrected chi connectivity index (χ3v) is 1.35. The lowest BCUT2D eigenvalue weighted by Crippen LogP contribution is -2.25. The van der Waals surface area contributed by atoms with Crippen LogP contribution < -0.4 is 4.90 Å². The molecule has 0 saturated carbocycles. The lowest BCUT2D eigenvalue weighted by Gasteiger charge is -1.88. The molecule has 0 amide bonds. The first kappa shape index (κ1) is 8.01. The Morgan fingerprint density at radius 1 is 1.57 bits per heavy atom. The van der Waals surface area contributed by atoms with E-state index >= 15 is 0 Å². The number of nitrogens with zero attached hydrogens (tertiary/aromatic N) is 7. The molecule has 0 aliphatic carbocycles. The van der Waals surface area contributed by atoms with Gasteiger partial charge in [-0.05, 0) is 25.9 Å². The van der Waals surface area contributed by atoms with E-state index in [1.165, 1.54) is 0 Å². The SMILES string of the molecule is [N-]=[N+]=Nc1nonc1-c1cno[n+]1[O-]. The van der Waals surface area contributed by atoms with Crippen molar-refractivity contribution in [1.29, 1.82) is 0 Å². The molecule has 10 heteroatoms. The monoisotopic (exact) mass is 195 g/mol. The fourth-order valence-corrected chi connectivity index (χ4v) is 0.808. The molecule has 0 radical (unpaired) electrons. The van der Waals surface area contributed by atoms with Crippen molar-refractivity contribution in [1.82, 2.24) is 15.5 Å². The van der Waals surface area contributed by atoms with Gasteiger partial charge in [0.15, 0.2) is 5.69 Å². The van der Waals surface area contributed by atoms with E-state index in [9.17, 15) is 5.21 Å². The second kappa shape index (κ2) is 3.03. The van der Waals surface area contributed by atoms with Gasteiger partial charge in [-0.25, -0.2) is 4.63 Å². The molecule has 0 aliphatic rings. The fraction of sp³-hybridized carbons (Fsp3) is 0. The van der Waals surface area contributed by atoms with E-state index in [1.54, 1.807) is 0 Å². The Hall–Kier alpha value is -2.61. The van der Waals surface area contributed by atoms with E-state index in [2.05, 4.69) is 34.8 Å². The molecule has 0 aromatic carbocycles. The highest BCUT2D eigenvalue weighted by Gasteiger charge is 2.19. The van der Waals surface area contributed by atoms with E-state index in [1.807, 2.05) is 0 Å². The molecule has 0 bridgehead atoms. The second-order valence-corrected chi connectivity index (χ2v) is 2.08. The predicted octanol–water partition coefficient (Wildman–Crippen LogP) is 0.300. The normalized spacial score (nSPS) is 9.71. The van der Waals surface area contributed by atoms with Crippen molar-refractivity contribution in [2.75, 3.05) is 0 Å². The number of hydrogen-bond acceptors (Lipinski definition) is 7. The standard InChI is InChI=1S/C4HN7O3/c5-10-7-4-3(8-13-9-4)2-1-6-14-11(2)12/h1H. The van der Waals surface area contributed by atoms with Gasteiger partial charge in [0.2, 0.25) is 17.7 Å². The molecule has 2 aromatic heterocycles. The highest BCUT2D eigenvalue weighted by atomic mass is 16.8. The van der Waals surface area contributed by atoms with E-state index in [0.717, 1.165) is 6.20 Å². The molecule has 0 saturated heterocycles.